The molecular formula is C23H25N3O2. The Morgan fingerprint density at radius 1 is 1.04 bits per heavy atom. The topological polar surface area (TPSA) is 68.0 Å². The van der Waals surface area contributed by atoms with Gasteiger partial charge in [0.15, 0.2) is 5.69 Å². The number of benzene rings is 2. The van der Waals surface area contributed by atoms with E-state index in [1.165, 1.54) is 11.6 Å². The highest BCUT2D eigenvalue weighted by molar-refractivity contribution is 6.03. The minimum atomic E-state index is -0.290. The summed E-state index contributed by atoms with van der Waals surface area (Å²) in [4.78, 5) is 12.3. The van der Waals surface area contributed by atoms with Gasteiger partial charge in [-0.25, -0.2) is 4.63 Å². The number of hydrogen-bond acceptors (Lipinski definition) is 4. The van der Waals surface area contributed by atoms with Crippen LogP contribution in [0.1, 0.15) is 43.0 Å². The molecule has 1 amide bonds. The Hall–Kier alpha value is -3.21. The number of nitrogens with zero attached hydrogens (tertiary/aromatic N) is 2. The van der Waals surface area contributed by atoms with Gasteiger partial charge in [0.05, 0.1) is 0 Å². The van der Waals surface area contributed by atoms with E-state index in [0.29, 0.717) is 11.5 Å². The summed E-state index contributed by atoms with van der Waals surface area (Å²) in [7, 11) is 0. The summed E-state index contributed by atoms with van der Waals surface area (Å²) < 4.78 is 4.86. The normalized spacial score (nSPS) is 11.8. The average Bonchev–Trinajstić information content (AvgIpc) is 3.09. The first-order valence-corrected chi connectivity index (χ1v) is 9.24. The fraction of sp³-hybridized carbons (Fsp3) is 0.261. The Kier molecular flexibility index (Phi) is 5.45. The number of carbonyl (C=O) groups excluding carboxylic acids is 1. The van der Waals surface area contributed by atoms with Crippen molar-refractivity contribution in [2.24, 2.45) is 0 Å². The molecule has 0 aliphatic rings. The van der Waals surface area contributed by atoms with Gasteiger partial charge < -0.3 is 5.32 Å². The van der Waals surface area contributed by atoms with Crippen LogP contribution in [0.4, 0.5) is 5.82 Å². The lowest BCUT2D eigenvalue weighted by Crippen LogP contribution is -2.10. The highest BCUT2D eigenvalue weighted by Crippen LogP contribution is 2.28. The minimum Gasteiger partial charge on any atom is -0.302 e. The summed E-state index contributed by atoms with van der Waals surface area (Å²) in [5, 5.41) is 10.6. The second kappa shape index (κ2) is 7.80. The molecule has 144 valence electrons. The Bertz CT molecular complexity index is 1010. The summed E-state index contributed by atoms with van der Waals surface area (Å²) >= 11 is 0. The number of aryl methyl sites for hydroxylation is 2. The average molecular weight is 375 g/mol. The van der Waals surface area contributed by atoms with E-state index < -0.39 is 0 Å². The molecule has 1 N–H and O–H groups in total. The number of carbonyl (C=O) groups is 1. The first kappa shape index (κ1) is 19.5. The van der Waals surface area contributed by atoms with Gasteiger partial charge in [0, 0.05) is 11.6 Å². The highest BCUT2D eigenvalue weighted by atomic mass is 16.6. The second-order valence-corrected chi connectivity index (χ2v) is 7.97. The number of hydrogen-bond donors (Lipinski definition) is 1. The molecule has 28 heavy (non-hydrogen) atoms. The minimum absolute atomic E-state index is 0.101. The zero-order valence-electron chi connectivity index (χ0n) is 16.9. The van der Waals surface area contributed by atoms with Gasteiger partial charge in [0.1, 0.15) is 0 Å². The van der Waals surface area contributed by atoms with E-state index in [9.17, 15) is 4.79 Å². The third-order valence-electron chi connectivity index (χ3n) is 4.58. The predicted octanol–water partition coefficient (Wildman–Crippen LogP) is 5.30. The molecule has 0 saturated carbocycles. The smallest absolute Gasteiger partial charge is 0.249 e. The van der Waals surface area contributed by atoms with E-state index in [1.807, 2.05) is 44.2 Å². The maximum Gasteiger partial charge on any atom is 0.249 e. The molecule has 2 aromatic carbocycles. The van der Waals surface area contributed by atoms with E-state index >= 15 is 0 Å². The fourth-order valence-electron chi connectivity index (χ4n) is 2.86. The van der Waals surface area contributed by atoms with Crippen LogP contribution in [0.2, 0.25) is 0 Å². The Morgan fingerprint density at radius 2 is 1.75 bits per heavy atom. The third-order valence-corrected chi connectivity index (χ3v) is 4.58. The van der Waals surface area contributed by atoms with E-state index in [2.05, 4.69) is 48.5 Å². The highest BCUT2D eigenvalue weighted by Gasteiger charge is 2.16. The van der Waals surface area contributed by atoms with Gasteiger partial charge in [-0.2, -0.15) is 0 Å². The standard InChI is InChI=1S/C23H25N3O2/c1-15-6-7-16(2)19(14-15)21-22(26-28-25-21)24-20(27)13-10-17-8-11-18(12-9-17)23(3,4)5/h6-14H,1-5H3,(H,24,26,27)/b13-10+. The van der Waals surface area contributed by atoms with Gasteiger partial charge in [-0.15, -0.1) is 0 Å². The largest absolute Gasteiger partial charge is 0.302 e. The molecule has 3 aromatic rings. The van der Waals surface area contributed by atoms with E-state index in [4.69, 9.17) is 4.63 Å². The van der Waals surface area contributed by atoms with Crippen LogP contribution >= 0.6 is 0 Å². The summed E-state index contributed by atoms with van der Waals surface area (Å²) in [5.41, 5.74) is 5.85. The molecule has 5 nitrogen and oxygen atoms in total. The van der Waals surface area contributed by atoms with Gasteiger partial charge >= 0.3 is 0 Å². The molecular weight excluding hydrogens is 350 g/mol. The van der Waals surface area contributed by atoms with Crippen LogP contribution in [-0.2, 0) is 10.2 Å². The van der Waals surface area contributed by atoms with E-state index in [1.54, 1.807) is 6.08 Å². The van der Waals surface area contributed by atoms with Crippen molar-refractivity contribution in [3.8, 4) is 11.3 Å². The van der Waals surface area contributed by atoms with Crippen molar-refractivity contribution in [3.63, 3.8) is 0 Å². The molecule has 0 unspecified atom stereocenters. The third kappa shape index (κ3) is 4.55. The summed E-state index contributed by atoms with van der Waals surface area (Å²) in [5.74, 6) is 0.0218. The van der Waals surface area contributed by atoms with Crippen LogP contribution < -0.4 is 5.32 Å². The molecule has 0 fully saturated rings. The molecule has 1 heterocycles. The van der Waals surface area contributed by atoms with Crippen molar-refractivity contribution in [2.45, 2.75) is 40.0 Å². The second-order valence-electron chi connectivity index (χ2n) is 7.97. The van der Waals surface area contributed by atoms with Gasteiger partial charge in [-0.1, -0.05) is 62.7 Å². The Labute approximate surface area is 165 Å². The number of anilines is 1. The van der Waals surface area contributed by atoms with E-state index in [0.717, 1.165) is 22.3 Å². The van der Waals surface area contributed by atoms with Crippen molar-refractivity contribution in [2.75, 3.05) is 5.32 Å². The van der Waals surface area contributed by atoms with Crippen LogP contribution in [0.3, 0.4) is 0 Å². The summed E-state index contributed by atoms with van der Waals surface area (Å²) in [6.45, 7) is 10.5. The van der Waals surface area contributed by atoms with Gasteiger partial charge in [-0.05, 0) is 58.4 Å². The lowest BCUT2D eigenvalue weighted by atomic mass is 9.87. The van der Waals surface area contributed by atoms with Crippen LogP contribution in [0, 0.1) is 13.8 Å². The first-order chi connectivity index (χ1) is 13.2. The number of rotatable bonds is 4. The predicted molar refractivity (Wildman–Crippen MR) is 112 cm³/mol. The molecule has 5 heteroatoms. The molecule has 1 aromatic heterocycles. The lowest BCUT2D eigenvalue weighted by molar-refractivity contribution is -0.111. The first-order valence-electron chi connectivity index (χ1n) is 9.24. The van der Waals surface area contributed by atoms with Gasteiger partial charge in [0.25, 0.3) is 0 Å². The fourth-order valence-corrected chi connectivity index (χ4v) is 2.86. The Balaban J connectivity index is 1.73. The van der Waals surface area contributed by atoms with Gasteiger partial charge in [-0.3, -0.25) is 4.79 Å². The number of nitrogens with one attached hydrogen (secondary N) is 1. The van der Waals surface area contributed by atoms with E-state index in [-0.39, 0.29) is 11.3 Å². The quantitative estimate of drug-likeness (QED) is 0.628. The maximum atomic E-state index is 12.3. The molecule has 0 bridgehead atoms. The van der Waals surface area contributed by atoms with Crippen molar-refractivity contribution < 1.29 is 9.42 Å². The molecule has 0 aliphatic heterocycles. The molecule has 0 atom stereocenters. The number of amides is 1. The Morgan fingerprint density at radius 3 is 2.43 bits per heavy atom. The number of aromatic nitrogens is 2. The zero-order valence-corrected chi connectivity index (χ0v) is 16.9. The van der Waals surface area contributed by atoms with Crippen molar-refractivity contribution in [1.29, 1.82) is 0 Å². The molecule has 3 rings (SSSR count). The van der Waals surface area contributed by atoms with Crippen molar-refractivity contribution in [1.82, 2.24) is 10.3 Å². The van der Waals surface area contributed by atoms with Crippen LogP contribution in [0.25, 0.3) is 17.3 Å². The zero-order chi connectivity index (χ0) is 20.3. The molecule has 0 spiro atoms. The summed E-state index contributed by atoms with van der Waals surface area (Å²) in [6, 6.07) is 14.2. The maximum absolute atomic E-state index is 12.3. The van der Waals surface area contributed by atoms with Crippen LogP contribution in [0.5, 0.6) is 0 Å². The van der Waals surface area contributed by atoms with Crippen molar-refractivity contribution >= 4 is 17.8 Å². The molecule has 0 radical (unpaired) electrons. The summed E-state index contributed by atoms with van der Waals surface area (Å²) in [6.07, 6.45) is 3.25. The van der Waals surface area contributed by atoms with Crippen molar-refractivity contribution in [3.05, 3.63) is 70.8 Å². The molecule has 0 aliphatic carbocycles. The lowest BCUT2D eigenvalue weighted by Gasteiger charge is -2.18. The van der Waals surface area contributed by atoms with Crippen LogP contribution in [-0.4, -0.2) is 16.2 Å². The monoisotopic (exact) mass is 375 g/mol. The van der Waals surface area contributed by atoms with Gasteiger partial charge in [0.2, 0.25) is 11.7 Å². The SMILES string of the molecule is Cc1ccc(C)c(-c2nonc2NC(=O)/C=C/c2ccc(C(C)(C)C)cc2)c1. The molecule has 0 saturated heterocycles. The van der Waals surface area contributed by atoms with Crippen LogP contribution in [0.15, 0.2) is 53.2 Å².